The molecule has 0 radical (unpaired) electrons. The van der Waals surface area contributed by atoms with Crippen LogP contribution >= 0.6 is 0 Å². The van der Waals surface area contributed by atoms with E-state index in [2.05, 4.69) is 26.8 Å². The summed E-state index contributed by atoms with van der Waals surface area (Å²) in [5.74, 6) is 0.766. The molecule has 0 N–H and O–H groups in total. The summed E-state index contributed by atoms with van der Waals surface area (Å²) in [6, 6.07) is 9.14. The van der Waals surface area contributed by atoms with Crippen LogP contribution in [0.1, 0.15) is 32.8 Å². The second-order valence-electron chi connectivity index (χ2n) is 4.45. The fourth-order valence-electron chi connectivity index (χ4n) is 1.21. The summed E-state index contributed by atoms with van der Waals surface area (Å²) >= 11 is 0. The summed E-state index contributed by atoms with van der Waals surface area (Å²) < 4.78 is 11.2. The first kappa shape index (κ1) is 13.5. The maximum atomic E-state index is 8.65. The van der Waals surface area contributed by atoms with Gasteiger partial charge in [0.1, 0.15) is 12.4 Å². The van der Waals surface area contributed by atoms with Crippen molar-refractivity contribution in [2.75, 3.05) is 13.2 Å². The van der Waals surface area contributed by atoms with E-state index < -0.39 is 0 Å². The Morgan fingerprint density at radius 1 is 1.18 bits per heavy atom. The Kier molecular flexibility index (Phi) is 4.99. The fourth-order valence-corrected chi connectivity index (χ4v) is 1.21. The molecule has 0 spiro atoms. The Bertz CT molecular complexity index is 376. The quantitative estimate of drug-likeness (QED) is 0.709. The number of rotatable bonds is 6. The number of hydrogen-bond acceptors (Lipinski definition) is 3. The number of benzene rings is 1. The van der Waals surface area contributed by atoms with Gasteiger partial charge in [-0.25, -0.2) is 0 Å². The van der Waals surface area contributed by atoms with E-state index in [1.165, 1.54) is 0 Å². The van der Waals surface area contributed by atoms with Crippen LogP contribution < -0.4 is 4.74 Å². The van der Waals surface area contributed by atoms with Crippen molar-refractivity contribution in [3.8, 4) is 11.8 Å². The second-order valence-corrected chi connectivity index (χ2v) is 4.45. The Labute approximate surface area is 103 Å². The SMILES string of the molecule is CCC(C)(C)OCCOc1ccc(C#N)cc1. The average Bonchev–Trinajstić information content (AvgIpc) is 2.35. The molecule has 0 saturated heterocycles. The highest BCUT2D eigenvalue weighted by atomic mass is 16.5. The van der Waals surface area contributed by atoms with E-state index in [0.29, 0.717) is 18.8 Å². The molecule has 17 heavy (non-hydrogen) atoms. The van der Waals surface area contributed by atoms with Crippen molar-refractivity contribution in [2.24, 2.45) is 0 Å². The van der Waals surface area contributed by atoms with Gasteiger partial charge in [0.05, 0.1) is 23.8 Å². The van der Waals surface area contributed by atoms with Crippen molar-refractivity contribution >= 4 is 0 Å². The zero-order valence-corrected chi connectivity index (χ0v) is 10.7. The van der Waals surface area contributed by atoms with Crippen LogP contribution in [0.4, 0.5) is 0 Å². The molecule has 0 unspecified atom stereocenters. The monoisotopic (exact) mass is 233 g/mol. The van der Waals surface area contributed by atoms with Crippen LogP contribution in [0.15, 0.2) is 24.3 Å². The largest absolute Gasteiger partial charge is 0.491 e. The van der Waals surface area contributed by atoms with Gasteiger partial charge in [-0.15, -0.1) is 0 Å². The molecule has 0 amide bonds. The molecule has 0 aliphatic rings. The van der Waals surface area contributed by atoms with Crippen molar-refractivity contribution in [1.82, 2.24) is 0 Å². The lowest BCUT2D eigenvalue weighted by Gasteiger charge is -2.23. The second kappa shape index (κ2) is 6.27. The number of ether oxygens (including phenoxy) is 2. The Morgan fingerprint density at radius 3 is 2.35 bits per heavy atom. The smallest absolute Gasteiger partial charge is 0.119 e. The number of nitrogens with zero attached hydrogens (tertiary/aromatic N) is 1. The van der Waals surface area contributed by atoms with Crippen LogP contribution in [0.3, 0.4) is 0 Å². The topological polar surface area (TPSA) is 42.2 Å². The first-order valence-corrected chi connectivity index (χ1v) is 5.84. The minimum Gasteiger partial charge on any atom is -0.491 e. The van der Waals surface area contributed by atoms with Gasteiger partial charge < -0.3 is 9.47 Å². The highest BCUT2D eigenvalue weighted by Crippen LogP contribution is 2.14. The molecule has 3 heteroatoms. The molecule has 0 fully saturated rings. The van der Waals surface area contributed by atoms with Gasteiger partial charge in [0.2, 0.25) is 0 Å². The predicted molar refractivity (Wildman–Crippen MR) is 67.0 cm³/mol. The zero-order valence-electron chi connectivity index (χ0n) is 10.7. The molecule has 0 heterocycles. The molecule has 92 valence electrons. The number of hydrogen-bond donors (Lipinski definition) is 0. The van der Waals surface area contributed by atoms with Crippen molar-refractivity contribution in [3.63, 3.8) is 0 Å². The van der Waals surface area contributed by atoms with Gasteiger partial charge in [-0.2, -0.15) is 5.26 Å². The van der Waals surface area contributed by atoms with Crippen molar-refractivity contribution in [3.05, 3.63) is 29.8 Å². The van der Waals surface area contributed by atoms with Gasteiger partial charge >= 0.3 is 0 Å². The molecular weight excluding hydrogens is 214 g/mol. The van der Waals surface area contributed by atoms with Crippen molar-refractivity contribution in [2.45, 2.75) is 32.8 Å². The van der Waals surface area contributed by atoms with Crippen LogP contribution in [0.5, 0.6) is 5.75 Å². The third-order valence-corrected chi connectivity index (χ3v) is 2.68. The molecule has 0 atom stereocenters. The molecule has 0 aliphatic carbocycles. The van der Waals surface area contributed by atoms with E-state index in [1.807, 2.05) is 0 Å². The molecule has 0 aromatic heterocycles. The van der Waals surface area contributed by atoms with Gasteiger partial charge in [0.25, 0.3) is 0 Å². The van der Waals surface area contributed by atoms with Crippen LogP contribution in [0, 0.1) is 11.3 Å². The molecular formula is C14H19NO2. The third kappa shape index (κ3) is 4.88. The summed E-state index contributed by atoms with van der Waals surface area (Å²) in [5, 5.41) is 8.65. The van der Waals surface area contributed by atoms with Crippen molar-refractivity contribution in [1.29, 1.82) is 5.26 Å². The lowest BCUT2D eigenvalue weighted by molar-refractivity contribution is -0.0317. The molecule has 1 rings (SSSR count). The molecule has 1 aromatic carbocycles. The molecule has 3 nitrogen and oxygen atoms in total. The van der Waals surface area contributed by atoms with E-state index >= 15 is 0 Å². The Hall–Kier alpha value is -1.53. The lowest BCUT2D eigenvalue weighted by Crippen LogP contribution is -2.25. The Balaban J connectivity index is 2.29. The third-order valence-electron chi connectivity index (χ3n) is 2.68. The highest BCUT2D eigenvalue weighted by Gasteiger charge is 2.14. The normalized spacial score (nSPS) is 10.9. The first-order chi connectivity index (χ1) is 8.07. The van der Waals surface area contributed by atoms with E-state index in [0.717, 1.165) is 12.2 Å². The maximum absolute atomic E-state index is 8.65. The lowest BCUT2D eigenvalue weighted by atomic mass is 10.1. The molecule has 0 bridgehead atoms. The molecule has 0 aliphatic heterocycles. The summed E-state index contributed by atoms with van der Waals surface area (Å²) in [7, 11) is 0. The van der Waals surface area contributed by atoms with Crippen LogP contribution in [0.2, 0.25) is 0 Å². The predicted octanol–water partition coefficient (Wildman–Crippen LogP) is 3.14. The van der Waals surface area contributed by atoms with Crippen LogP contribution in [0.25, 0.3) is 0 Å². The minimum atomic E-state index is -0.0893. The average molecular weight is 233 g/mol. The van der Waals surface area contributed by atoms with Gasteiger partial charge in [-0.1, -0.05) is 6.92 Å². The fraction of sp³-hybridized carbons (Fsp3) is 0.500. The first-order valence-electron chi connectivity index (χ1n) is 5.84. The van der Waals surface area contributed by atoms with E-state index in [-0.39, 0.29) is 5.60 Å². The van der Waals surface area contributed by atoms with E-state index in [9.17, 15) is 0 Å². The van der Waals surface area contributed by atoms with Crippen LogP contribution in [-0.2, 0) is 4.74 Å². The minimum absolute atomic E-state index is 0.0893. The summed E-state index contributed by atoms with van der Waals surface area (Å²) in [5.41, 5.74) is 0.550. The highest BCUT2D eigenvalue weighted by molar-refractivity contribution is 5.34. The van der Waals surface area contributed by atoms with Gasteiger partial charge in [-0.3, -0.25) is 0 Å². The Morgan fingerprint density at radius 2 is 1.82 bits per heavy atom. The van der Waals surface area contributed by atoms with Crippen LogP contribution in [-0.4, -0.2) is 18.8 Å². The van der Waals surface area contributed by atoms with Crippen molar-refractivity contribution < 1.29 is 9.47 Å². The maximum Gasteiger partial charge on any atom is 0.119 e. The zero-order chi connectivity index (χ0) is 12.7. The van der Waals surface area contributed by atoms with Gasteiger partial charge in [0, 0.05) is 0 Å². The standard InChI is InChI=1S/C14H19NO2/c1-4-14(2,3)17-10-9-16-13-7-5-12(11-15)6-8-13/h5-8H,4,9-10H2,1-3H3. The summed E-state index contributed by atoms with van der Waals surface area (Å²) in [4.78, 5) is 0. The molecule has 0 saturated carbocycles. The summed E-state index contributed by atoms with van der Waals surface area (Å²) in [6.07, 6.45) is 0.976. The van der Waals surface area contributed by atoms with E-state index in [4.69, 9.17) is 14.7 Å². The van der Waals surface area contributed by atoms with Gasteiger partial charge in [-0.05, 0) is 44.5 Å². The summed E-state index contributed by atoms with van der Waals surface area (Å²) in [6.45, 7) is 7.32. The van der Waals surface area contributed by atoms with Gasteiger partial charge in [0.15, 0.2) is 0 Å². The molecule has 1 aromatic rings. The number of nitriles is 1. The van der Waals surface area contributed by atoms with E-state index in [1.54, 1.807) is 24.3 Å².